The van der Waals surface area contributed by atoms with Crippen LogP contribution in [-0.2, 0) is 11.9 Å². The van der Waals surface area contributed by atoms with Gasteiger partial charge >= 0.3 is 6.18 Å². The monoisotopic (exact) mass is 466 g/mol. The fourth-order valence-electron chi connectivity index (χ4n) is 3.67. The third kappa shape index (κ3) is 4.00. The van der Waals surface area contributed by atoms with Gasteiger partial charge in [-0.05, 0) is 49.4 Å². The van der Waals surface area contributed by atoms with Gasteiger partial charge in [-0.3, -0.25) is 9.36 Å². The molecular formula is C24H17F3N4OS. The Hall–Kier alpha value is -3.59. The second kappa shape index (κ2) is 8.08. The van der Waals surface area contributed by atoms with Crippen LogP contribution >= 0.6 is 11.8 Å². The number of hydrogen-bond acceptors (Lipinski definition) is 4. The highest BCUT2D eigenvalue weighted by molar-refractivity contribution is 7.98. The van der Waals surface area contributed by atoms with Gasteiger partial charge < -0.3 is 4.40 Å². The van der Waals surface area contributed by atoms with Gasteiger partial charge in [-0.15, -0.1) is 0 Å². The zero-order valence-corrected chi connectivity index (χ0v) is 18.2. The summed E-state index contributed by atoms with van der Waals surface area (Å²) >= 11 is 1.25. The smallest absolute Gasteiger partial charge is 0.304 e. The summed E-state index contributed by atoms with van der Waals surface area (Å²) in [6, 6.07) is 17.3. The van der Waals surface area contributed by atoms with E-state index >= 15 is 0 Å². The number of hydrogen-bond donors (Lipinski definition) is 0. The molecule has 0 amide bonds. The number of alkyl halides is 3. The highest BCUT2D eigenvalue weighted by Crippen LogP contribution is 2.31. The van der Waals surface area contributed by atoms with Crippen LogP contribution in [0.2, 0.25) is 0 Å². The van der Waals surface area contributed by atoms with Crippen molar-refractivity contribution in [2.75, 3.05) is 0 Å². The first-order valence-corrected chi connectivity index (χ1v) is 11.1. The Bertz CT molecular complexity index is 1560. The molecular weight excluding hydrogens is 449 g/mol. The molecule has 0 bridgehead atoms. The van der Waals surface area contributed by atoms with Gasteiger partial charge in [0.1, 0.15) is 5.65 Å². The molecule has 0 aliphatic carbocycles. The standard InChI is InChI=1S/C24H17F3N4OS/c1-15-6-4-11-21-28-17(13-30(15)21)14-33-23-29-20-10-3-2-9-19(20)22(32)31(23)18-8-5-7-16(12-18)24(25,26)27/h2-13H,14H2,1H3. The van der Waals surface area contributed by atoms with E-state index in [1.54, 1.807) is 24.3 Å². The molecule has 0 unspecified atom stereocenters. The Morgan fingerprint density at radius 3 is 2.55 bits per heavy atom. The zero-order chi connectivity index (χ0) is 23.2. The molecule has 5 aromatic rings. The Labute approximate surface area is 190 Å². The lowest BCUT2D eigenvalue weighted by Crippen LogP contribution is -2.22. The molecule has 0 spiro atoms. The second-order valence-corrected chi connectivity index (χ2v) is 8.46. The van der Waals surface area contributed by atoms with Gasteiger partial charge in [0.15, 0.2) is 5.16 Å². The van der Waals surface area contributed by atoms with Crippen molar-refractivity contribution in [1.29, 1.82) is 0 Å². The first-order valence-electron chi connectivity index (χ1n) is 10.1. The highest BCUT2D eigenvalue weighted by Gasteiger charge is 2.31. The van der Waals surface area contributed by atoms with Gasteiger partial charge in [0.05, 0.1) is 27.8 Å². The molecule has 3 heterocycles. The van der Waals surface area contributed by atoms with Crippen LogP contribution < -0.4 is 5.56 Å². The third-order valence-electron chi connectivity index (χ3n) is 5.27. The maximum atomic E-state index is 13.3. The molecule has 0 radical (unpaired) electrons. The van der Waals surface area contributed by atoms with Crippen LogP contribution in [0.1, 0.15) is 17.0 Å². The van der Waals surface area contributed by atoms with E-state index in [1.807, 2.05) is 35.7 Å². The maximum absolute atomic E-state index is 13.3. The van der Waals surface area contributed by atoms with Crippen LogP contribution in [0.4, 0.5) is 13.2 Å². The number of imidazole rings is 1. The van der Waals surface area contributed by atoms with Gasteiger partial charge in [-0.2, -0.15) is 13.2 Å². The summed E-state index contributed by atoms with van der Waals surface area (Å²) in [6.45, 7) is 1.97. The van der Waals surface area contributed by atoms with Crippen molar-refractivity contribution >= 4 is 28.3 Å². The van der Waals surface area contributed by atoms with Crippen LogP contribution in [0, 0.1) is 6.92 Å². The van der Waals surface area contributed by atoms with E-state index < -0.39 is 17.3 Å². The lowest BCUT2D eigenvalue weighted by atomic mass is 10.2. The summed E-state index contributed by atoms with van der Waals surface area (Å²) in [7, 11) is 0. The van der Waals surface area contributed by atoms with E-state index in [9.17, 15) is 18.0 Å². The van der Waals surface area contributed by atoms with Crippen LogP contribution in [0.25, 0.3) is 22.2 Å². The lowest BCUT2D eigenvalue weighted by Gasteiger charge is -2.14. The van der Waals surface area contributed by atoms with E-state index in [4.69, 9.17) is 0 Å². The summed E-state index contributed by atoms with van der Waals surface area (Å²) < 4.78 is 43.2. The van der Waals surface area contributed by atoms with E-state index in [-0.39, 0.29) is 5.69 Å². The fourth-order valence-corrected chi connectivity index (χ4v) is 4.56. The van der Waals surface area contributed by atoms with Gasteiger partial charge in [0.2, 0.25) is 0 Å². The molecule has 0 aliphatic rings. The molecule has 0 saturated heterocycles. The molecule has 0 fully saturated rings. The van der Waals surface area contributed by atoms with E-state index in [0.717, 1.165) is 29.2 Å². The second-order valence-electron chi connectivity index (χ2n) is 7.52. The molecule has 0 N–H and O–H groups in total. The van der Waals surface area contributed by atoms with Crippen molar-refractivity contribution in [2.24, 2.45) is 0 Å². The number of thioether (sulfide) groups is 1. The maximum Gasteiger partial charge on any atom is 0.416 e. The van der Waals surface area contributed by atoms with Crippen LogP contribution in [0.5, 0.6) is 0 Å². The Morgan fingerprint density at radius 2 is 1.76 bits per heavy atom. The van der Waals surface area contributed by atoms with Gasteiger partial charge in [-0.25, -0.2) is 9.97 Å². The Balaban J connectivity index is 1.61. The number of aromatic nitrogens is 4. The van der Waals surface area contributed by atoms with Crippen LogP contribution in [-0.4, -0.2) is 18.9 Å². The van der Waals surface area contributed by atoms with Crippen LogP contribution in [0.3, 0.4) is 0 Å². The largest absolute Gasteiger partial charge is 0.416 e. The minimum Gasteiger partial charge on any atom is -0.304 e. The molecule has 0 saturated carbocycles. The minimum absolute atomic E-state index is 0.112. The Kier molecular flexibility index (Phi) is 5.20. The molecule has 5 nitrogen and oxygen atoms in total. The number of halogens is 3. The SMILES string of the molecule is Cc1cccc2nc(CSc3nc4ccccc4c(=O)n3-c3cccc(C(F)(F)F)c3)cn12. The van der Waals surface area contributed by atoms with Gasteiger partial charge in [0, 0.05) is 17.6 Å². The summed E-state index contributed by atoms with van der Waals surface area (Å²) in [6.07, 6.45) is -2.61. The summed E-state index contributed by atoms with van der Waals surface area (Å²) in [5, 5.41) is 0.634. The Morgan fingerprint density at radius 1 is 0.970 bits per heavy atom. The van der Waals surface area contributed by atoms with Crippen molar-refractivity contribution in [3.05, 3.63) is 100 Å². The van der Waals surface area contributed by atoms with E-state index in [2.05, 4.69) is 9.97 Å². The summed E-state index contributed by atoms with van der Waals surface area (Å²) in [5.41, 5.74) is 1.95. The molecule has 166 valence electrons. The van der Waals surface area contributed by atoms with Crippen LogP contribution in [0.15, 0.2) is 82.9 Å². The molecule has 2 aromatic carbocycles. The first-order chi connectivity index (χ1) is 15.8. The molecule has 0 aliphatic heterocycles. The molecule has 5 rings (SSSR count). The number of aryl methyl sites for hydroxylation is 1. The third-order valence-corrected chi connectivity index (χ3v) is 6.24. The number of nitrogens with zero attached hydrogens (tertiary/aromatic N) is 4. The average molecular weight is 466 g/mol. The number of pyridine rings is 1. The van der Waals surface area contributed by atoms with Crippen molar-refractivity contribution in [3.63, 3.8) is 0 Å². The zero-order valence-electron chi connectivity index (χ0n) is 17.4. The van der Waals surface area contributed by atoms with Crippen molar-refractivity contribution in [3.8, 4) is 5.69 Å². The van der Waals surface area contributed by atoms with Crippen molar-refractivity contribution in [2.45, 2.75) is 24.0 Å². The topological polar surface area (TPSA) is 52.2 Å². The predicted molar refractivity (Wildman–Crippen MR) is 122 cm³/mol. The minimum atomic E-state index is -4.52. The fraction of sp³-hybridized carbons (Fsp3) is 0.125. The lowest BCUT2D eigenvalue weighted by molar-refractivity contribution is -0.137. The molecule has 9 heteroatoms. The highest BCUT2D eigenvalue weighted by atomic mass is 32.2. The van der Waals surface area contributed by atoms with Crippen molar-refractivity contribution in [1.82, 2.24) is 18.9 Å². The van der Waals surface area contributed by atoms with Gasteiger partial charge in [0.25, 0.3) is 5.56 Å². The first kappa shape index (κ1) is 21.3. The molecule has 3 aromatic heterocycles. The quantitative estimate of drug-likeness (QED) is 0.254. The normalized spacial score (nSPS) is 12.0. The molecule has 0 atom stereocenters. The summed E-state index contributed by atoms with van der Waals surface area (Å²) in [5.74, 6) is 0.394. The van der Waals surface area contributed by atoms with E-state index in [0.29, 0.717) is 21.8 Å². The summed E-state index contributed by atoms with van der Waals surface area (Å²) in [4.78, 5) is 22.5. The molecule has 33 heavy (non-hydrogen) atoms. The average Bonchev–Trinajstić information content (AvgIpc) is 3.22. The number of benzene rings is 2. The number of fused-ring (bicyclic) bond motifs is 2. The van der Waals surface area contributed by atoms with Gasteiger partial charge in [-0.1, -0.05) is 36.0 Å². The van der Waals surface area contributed by atoms with Crippen molar-refractivity contribution < 1.29 is 13.2 Å². The predicted octanol–water partition coefficient (Wildman–Crippen LogP) is 5.65. The van der Waals surface area contributed by atoms with E-state index in [1.165, 1.54) is 28.5 Å². The number of rotatable bonds is 4. The number of para-hydroxylation sites is 1.